The number of methoxy groups -OCH3 is 1. The molecular weight excluding hydrogens is 426 g/mol. The molecule has 0 aliphatic carbocycles. The number of hydrogen-bond donors (Lipinski definition) is 3. The number of piperidine rings is 1. The van der Waals surface area contributed by atoms with Crippen LogP contribution in [0.15, 0.2) is 73.1 Å². The largest absolute Gasteiger partial charge is 0.496 e. The number of nitrogens with two attached hydrogens (primary N) is 1. The highest BCUT2D eigenvalue weighted by Gasteiger charge is 2.24. The summed E-state index contributed by atoms with van der Waals surface area (Å²) in [7, 11) is 1.63. The standard InChI is InChI=1S/C27H27N5O2/c1-34-24-10-6-5-9-21(24)18-12-22(26(28)33)25-23(13-18)27(31-16-30-25)32-20-11-19(14-29-15-20)17-7-3-2-4-8-17/h2-10,12-13,16,19-20,29H,11,14-15H2,1H3,(H2,28,33)(H,30,31,32)/t19-,20+/m1/s1. The third kappa shape index (κ3) is 4.30. The number of primary amides is 1. The Bertz CT molecular complexity index is 1330. The number of ether oxygens (including phenoxy) is 1. The van der Waals surface area contributed by atoms with Crippen LogP contribution in [0.3, 0.4) is 0 Å². The van der Waals surface area contributed by atoms with Gasteiger partial charge in [-0.2, -0.15) is 0 Å². The number of anilines is 1. The molecule has 1 amide bonds. The molecule has 3 aromatic carbocycles. The highest BCUT2D eigenvalue weighted by molar-refractivity contribution is 6.09. The lowest BCUT2D eigenvalue weighted by Gasteiger charge is -2.31. The van der Waals surface area contributed by atoms with E-state index >= 15 is 0 Å². The first-order chi connectivity index (χ1) is 16.6. The number of amides is 1. The molecule has 7 heteroatoms. The van der Waals surface area contributed by atoms with Gasteiger partial charge in [0.2, 0.25) is 0 Å². The maximum Gasteiger partial charge on any atom is 0.250 e. The summed E-state index contributed by atoms with van der Waals surface area (Å²) < 4.78 is 5.55. The van der Waals surface area contributed by atoms with Gasteiger partial charge in [0.05, 0.1) is 18.2 Å². The van der Waals surface area contributed by atoms with Crippen LogP contribution < -0.4 is 21.1 Å². The van der Waals surface area contributed by atoms with Gasteiger partial charge in [0.15, 0.2) is 0 Å². The van der Waals surface area contributed by atoms with E-state index in [1.807, 2.05) is 36.4 Å². The van der Waals surface area contributed by atoms with E-state index in [-0.39, 0.29) is 6.04 Å². The number of hydrogen-bond acceptors (Lipinski definition) is 6. The van der Waals surface area contributed by atoms with Gasteiger partial charge in [-0.3, -0.25) is 4.79 Å². The number of carbonyl (C=O) groups is 1. The van der Waals surface area contributed by atoms with Crippen LogP contribution in [0.5, 0.6) is 5.75 Å². The summed E-state index contributed by atoms with van der Waals surface area (Å²) in [5.74, 6) is 1.27. The molecule has 34 heavy (non-hydrogen) atoms. The van der Waals surface area contributed by atoms with E-state index in [1.165, 1.54) is 11.9 Å². The van der Waals surface area contributed by atoms with E-state index in [0.717, 1.165) is 36.0 Å². The van der Waals surface area contributed by atoms with E-state index < -0.39 is 5.91 Å². The van der Waals surface area contributed by atoms with E-state index in [4.69, 9.17) is 10.5 Å². The second-order valence-electron chi connectivity index (χ2n) is 8.55. The second kappa shape index (κ2) is 9.49. The Morgan fingerprint density at radius 3 is 2.65 bits per heavy atom. The Labute approximate surface area is 198 Å². The normalized spacial score (nSPS) is 17.9. The van der Waals surface area contributed by atoms with Crippen LogP contribution in [-0.4, -0.2) is 42.1 Å². The zero-order valence-electron chi connectivity index (χ0n) is 19.0. The molecule has 4 aromatic rings. The topological polar surface area (TPSA) is 102 Å². The van der Waals surface area contributed by atoms with Gasteiger partial charge in [-0.25, -0.2) is 9.97 Å². The van der Waals surface area contributed by atoms with Crippen molar-refractivity contribution in [3.05, 3.63) is 84.2 Å². The minimum absolute atomic E-state index is 0.170. The molecule has 4 N–H and O–H groups in total. The molecule has 0 unspecified atom stereocenters. The van der Waals surface area contributed by atoms with Crippen molar-refractivity contribution in [3.63, 3.8) is 0 Å². The summed E-state index contributed by atoms with van der Waals surface area (Å²) in [4.78, 5) is 21.3. The SMILES string of the molecule is COc1ccccc1-c1cc(C(N)=O)c2ncnc(N[C@@H]3CNC[C@H](c4ccccc4)C3)c2c1. The Hall–Kier alpha value is -3.97. The van der Waals surface area contributed by atoms with Crippen LogP contribution in [0.1, 0.15) is 28.3 Å². The number of aromatic nitrogens is 2. The summed E-state index contributed by atoms with van der Waals surface area (Å²) in [6.45, 7) is 1.76. The van der Waals surface area contributed by atoms with Crippen LogP contribution >= 0.6 is 0 Å². The lowest BCUT2D eigenvalue weighted by molar-refractivity contribution is 0.100. The molecule has 0 radical (unpaired) electrons. The van der Waals surface area contributed by atoms with Crippen LogP contribution in [-0.2, 0) is 0 Å². The van der Waals surface area contributed by atoms with Crippen molar-refractivity contribution >= 4 is 22.6 Å². The number of nitrogens with one attached hydrogen (secondary N) is 2. The Morgan fingerprint density at radius 2 is 1.85 bits per heavy atom. The third-order valence-corrected chi connectivity index (χ3v) is 6.38. The number of benzene rings is 3. The average Bonchev–Trinajstić information content (AvgIpc) is 2.89. The molecule has 0 saturated carbocycles. The van der Waals surface area contributed by atoms with Crippen molar-refractivity contribution in [2.75, 3.05) is 25.5 Å². The highest BCUT2D eigenvalue weighted by Crippen LogP contribution is 2.35. The van der Waals surface area contributed by atoms with Gasteiger partial charge in [-0.1, -0.05) is 48.5 Å². The molecule has 1 fully saturated rings. The summed E-state index contributed by atoms with van der Waals surface area (Å²) in [6.07, 6.45) is 2.45. The fraction of sp³-hybridized carbons (Fsp3) is 0.222. The summed E-state index contributed by atoms with van der Waals surface area (Å²) in [6, 6.07) is 22.2. The van der Waals surface area contributed by atoms with Gasteiger partial charge in [-0.05, 0) is 41.7 Å². The molecule has 0 bridgehead atoms. The minimum atomic E-state index is -0.533. The van der Waals surface area contributed by atoms with E-state index in [9.17, 15) is 4.79 Å². The number of fused-ring (bicyclic) bond motifs is 1. The first-order valence-electron chi connectivity index (χ1n) is 11.4. The average molecular weight is 454 g/mol. The lowest BCUT2D eigenvalue weighted by atomic mass is 9.89. The first-order valence-corrected chi connectivity index (χ1v) is 11.4. The number of para-hydroxylation sites is 1. The van der Waals surface area contributed by atoms with Crippen LogP contribution in [0.2, 0.25) is 0 Å². The smallest absolute Gasteiger partial charge is 0.250 e. The van der Waals surface area contributed by atoms with Crippen molar-refractivity contribution < 1.29 is 9.53 Å². The Morgan fingerprint density at radius 1 is 1.06 bits per heavy atom. The maximum absolute atomic E-state index is 12.4. The molecule has 0 spiro atoms. The highest BCUT2D eigenvalue weighted by atomic mass is 16.5. The molecule has 1 saturated heterocycles. The molecule has 2 atom stereocenters. The lowest BCUT2D eigenvalue weighted by Crippen LogP contribution is -2.42. The van der Waals surface area contributed by atoms with Crippen LogP contribution in [0, 0.1) is 0 Å². The van der Waals surface area contributed by atoms with Crippen molar-refractivity contribution in [1.82, 2.24) is 15.3 Å². The van der Waals surface area contributed by atoms with Crippen LogP contribution in [0.25, 0.3) is 22.0 Å². The summed E-state index contributed by atoms with van der Waals surface area (Å²) >= 11 is 0. The quantitative estimate of drug-likeness (QED) is 0.408. The molecule has 1 aromatic heterocycles. The van der Waals surface area contributed by atoms with Gasteiger partial charge >= 0.3 is 0 Å². The van der Waals surface area contributed by atoms with Crippen LogP contribution in [0.4, 0.5) is 5.82 Å². The van der Waals surface area contributed by atoms with Crippen molar-refractivity contribution in [2.45, 2.75) is 18.4 Å². The molecule has 172 valence electrons. The number of rotatable bonds is 6. The zero-order chi connectivity index (χ0) is 23.5. The number of nitrogens with zero attached hydrogens (tertiary/aromatic N) is 2. The fourth-order valence-corrected chi connectivity index (χ4v) is 4.73. The van der Waals surface area contributed by atoms with Crippen molar-refractivity contribution in [2.24, 2.45) is 5.73 Å². The number of carbonyl (C=O) groups excluding carboxylic acids is 1. The zero-order valence-corrected chi connectivity index (χ0v) is 19.0. The second-order valence-corrected chi connectivity index (χ2v) is 8.55. The monoisotopic (exact) mass is 453 g/mol. The van der Waals surface area contributed by atoms with Gasteiger partial charge in [0.1, 0.15) is 17.9 Å². The molecule has 5 rings (SSSR count). The van der Waals surface area contributed by atoms with Gasteiger partial charge < -0.3 is 21.1 Å². The Kier molecular flexibility index (Phi) is 6.10. The van der Waals surface area contributed by atoms with Crippen molar-refractivity contribution in [1.29, 1.82) is 0 Å². The minimum Gasteiger partial charge on any atom is -0.496 e. The van der Waals surface area contributed by atoms with Crippen molar-refractivity contribution in [3.8, 4) is 16.9 Å². The first kappa shape index (κ1) is 21.9. The molecule has 1 aliphatic heterocycles. The molecule has 2 heterocycles. The molecule has 7 nitrogen and oxygen atoms in total. The molecule has 1 aliphatic rings. The third-order valence-electron chi connectivity index (χ3n) is 6.38. The summed E-state index contributed by atoms with van der Waals surface area (Å²) in [5, 5.41) is 7.89. The maximum atomic E-state index is 12.4. The predicted octanol–water partition coefficient (Wildman–Crippen LogP) is 3.96. The van der Waals surface area contributed by atoms with E-state index in [2.05, 4.69) is 44.9 Å². The summed E-state index contributed by atoms with van der Waals surface area (Å²) in [5.41, 5.74) is 9.65. The Balaban J connectivity index is 1.54. The fourth-order valence-electron chi connectivity index (χ4n) is 4.73. The van der Waals surface area contributed by atoms with E-state index in [1.54, 1.807) is 13.2 Å². The van der Waals surface area contributed by atoms with E-state index in [0.29, 0.717) is 28.6 Å². The van der Waals surface area contributed by atoms with Gasteiger partial charge in [0.25, 0.3) is 5.91 Å². The predicted molar refractivity (Wildman–Crippen MR) is 134 cm³/mol. The van der Waals surface area contributed by atoms with Gasteiger partial charge in [0, 0.05) is 30.1 Å². The molecular formula is C27H27N5O2. The van der Waals surface area contributed by atoms with Gasteiger partial charge in [-0.15, -0.1) is 0 Å².